The fourth-order valence-corrected chi connectivity index (χ4v) is 4.15. The zero-order chi connectivity index (χ0) is 18.7. The van der Waals surface area contributed by atoms with E-state index >= 15 is 0 Å². The number of thioether (sulfide) groups is 1. The first-order valence-corrected chi connectivity index (χ1v) is 9.95. The van der Waals surface area contributed by atoms with E-state index in [4.69, 9.17) is 4.98 Å². The van der Waals surface area contributed by atoms with E-state index in [1.807, 2.05) is 0 Å². The molecular weight excluding hydrogens is 346 g/mol. The maximum Gasteiger partial charge on any atom is 0.222 e. The van der Waals surface area contributed by atoms with Crippen molar-refractivity contribution in [2.75, 3.05) is 19.3 Å². The first kappa shape index (κ1) is 18.7. The highest BCUT2D eigenvalue weighted by atomic mass is 32.2. The Hall–Kier alpha value is -2.08. The van der Waals surface area contributed by atoms with Gasteiger partial charge >= 0.3 is 0 Å². The summed E-state index contributed by atoms with van der Waals surface area (Å²) >= 11 is 1.61. The van der Waals surface area contributed by atoms with Gasteiger partial charge in [0.25, 0.3) is 0 Å². The van der Waals surface area contributed by atoms with Crippen LogP contribution >= 0.6 is 11.8 Å². The van der Waals surface area contributed by atoms with Crippen molar-refractivity contribution in [1.29, 1.82) is 0 Å². The van der Waals surface area contributed by atoms with E-state index in [0.29, 0.717) is 25.1 Å². The third-order valence-corrected chi connectivity index (χ3v) is 5.63. The summed E-state index contributed by atoms with van der Waals surface area (Å²) in [4.78, 5) is 30.0. The second-order valence-electron chi connectivity index (χ2n) is 6.97. The highest BCUT2D eigenvalue weighted by molar-refractivity contribution is 7.99. The Bertz CT molecular complexity index is 837. The van der Waals surface area contributed by atoms with Crippen LogP contribution in [0.2, 0.25) is 0 Å². The lowest BCUT2D eigenvalue weighted by molar-refractivity contribution is -0.133. The normalized spacial score (nSPS) is 17.6. The van der Waals surface area contributed by atoms with E-state index in [0.717, 1.165) is 17.0 Å². The van der Waals surface area contributed by atoms with E-state index in [1.54, 1.807) is 23.7 Å². The van der Waals surface area contributed by atoms with Gasteiger partial charge < -0.3 is 10.2 Å². The number of fused-ring (bicyclic) bond motifs is 1. The number of likely N-dealkylation sites (N-methyl/N-ethyl adjacent to an activating group) is 1. The summed E-state index contributed by atoms with van der Waals surface area (Å²) in [6, 6.07) is 8.44. The second kappa shape index (κ2) is 8.08. The third-order valence-electron chi connectivity index (χ3n) is 4.72. The number of amides is 2. The maximum absolute atomic E-state index is 12.2. The number of hydrogen-bond donors (Lipinski definition) is 1. The largest absolute Gasteiger partial charge is 0.352 e. The number of aromatic nitrogens is 1. The Morgan fingerprint density at radius 2 is 2.15 bits per heavy atom. The summed E-state index contributed by atoms with van der Waals surface area (Å²) in [6.07, 6.45) is 1.69. The molecule has 0 bridgehead atoms. The van der Waals surface area contributed by atoms with Crippen LogP contribution in [-0.4, -0.2) is 47.1 Å². The predicted molar refractivity (Wildman–Crippen MR) is 105 cm³/mol. The highest BCUT2D eigenvalue weighted by Crippen LogP contribution is 2.25. The number of carbonyl (C=O) groups excluding carboxylic acids is 2. The molecule has 1 atom stereocenters. The monoisotopic (exact) mass is 371 g/mol. The Kier molecular flexibility index (Phi) is 5.81. The summed E-state index contributed by atoms with van der Waals surface area (Å²) in [5.41, 5.74) is 3.44. The van der Waals surface area contributed by atoms with Crippen molar-refractivity contribution in [2.45, 2.75) is 44.2 Å². The van der Waals surface area contributed by atoms with Crippen LogP contribution < -0.4 is 5.32 Å². The van der Waals surface area contributed by atoms with Gasteiger partial charge in [-0.25, -0.2) is 4.98 Å². The molecule has 1 saturated heterocycles. The zero-order valence-electron chi connectivity index (χ0n) is 15.5. The number of carbonyl (C=O) groups is 2. The van der Waals surface area contributed by atoms with Gasteiger partial charge in [-0.15, -0.1) is 11.8 Å². The van der Waals surface area contributed by atoms with Crippen molar-refractivity contribution in [3.63, 3.8) is 0 Å². The molecule has 138 valence electrons. The molecule has 6 heteroatoms. The fraction of sp³-hybridized carbons (Fsp3) is 0.450. The number of rotatable bonds is 5. The average molecular weight is 372 g/mol. The molecule has 0 unspecified atom stereocenters. The minimum Gasteiger partial charge on any atom is -0.352 e. The molecule has 26 heavy (non-hydrogen) atoms. The van der Waals surface area contributed by atoms with Crippen molar-refractivity contribution in [3.05, 3.63) is 35.4 Å². The molecule has 1 aliphatic heterocycles. The fourth-order valence-electron chi connectivity index (χ4n) is 3.23. The number of benzene rings is 1. The standard InChI is InChI=1S/C20H25N3O2S/c1-13-4-6-17-16(10-13)14(2)11-19(22-17)26-9-8-18(24)21-15-5-7-20(25)23(3)12-15/h4,6,10-11,15H,5,7-9,12H2,1-3H3,(H,21,24)/t15-/m0/s1. The van der Waals surface area contributed by atoms with E-state index in [9.17, 15) is 9.59 Å². The lowest BCUT2D eigenvalue weighted by Crippen LogP contribution is -2.48. The van der Waals surface area contributed by atoms with Gasteiger partial charge in [0.1, 0.15) is 0 Å². The summed E-state index contributed by atoms with van der Waals surface area (Å²) in [6.45, 7) is 4.78. The summed E-state index contributed by atoms with van der Waals surface area (Å²) in [5.74, 6) is 0.884. The molecule has 2 heterocycles. The number of likely N-dealkylation sites (tertiary alicyclic amines) is 1. The van der Waals surface area contributed by atoms with Crippen LogP contribution in [0.1, 0.15) is 30.4 Å². The lowest BCUT2D eigenvalue weighted by atomic mass is 10.1. The van der Waals surface area contributed by atoms with Gasteiger partial charge in [0.15, 0.2) is 0 Å². The van der Waals surface area contributed by atoms with Crippen molar-refractivity contribution >= 4 is 34.5 Å². The molecule has 1 fully saturated rings. The summed E-state index contributed by atoms with van der Waals surface area (Å²) in [5, 5.41) is 5.17. The number of nitrogens with one attached hydrogen (secondary N) is 1. The van der Waals surface area contributed by atoms with Gasteiger partial charge in [0.05, 0.1) is 10.5 Å². The zero-order valence-corrected chi connectivity index (χ0v) is 16.4. The molecule has 3 rings (SSSR count). The topological polar surface area (TPSA) is 62.3 Å². The molecule has 1 N–H and O–H groups in total. The van der Waals surface area contributed by atoms with Gasteiger partial charge in [-0.3, -0.25) is 9.59 Å². The van der Waals surface area contributed by atoms with Crippen LogP contribution in [0.5, 0.6) is 0 Å². The first-order valence-electron chi connectivity index (χ1n) is 8.96. The number of aryl methyl sites for hydroxylation is 2. The van der Waals surface area contributed by atoms with Crippen LogP contribution in [0.15, 0.2) is 29.3 Å². The van der Waals surface area contributed by atoms with Crippen LogP contribution in [-0.2, 0) is 9.59 Å². The minimum absolute atomic E-state index is 0.0402. The van der Waals surface area contributed by atoms with Crippen molar-refractivity contribution in [3.8, 4) is 0 Å². The van der Waals surface area contributed by atoms with Crippen LogP contribution in [0.25, 0.3) is 10.9 Å². The maximum atomic E-state index is 12.2. The van der Waals surface area contributed by atoms with Crippen LogP contribution in [0.3, 0.4) is 0 Å². The smallest absolute Gasteiger partial charge is 0.222 e. The molecule has 0 aliphatic carbocycles. The average Bonchev–Trinajstić information content (AvgIpc) is 2.59. The molecule has 2 aromatic rings. The number of nitrogens with zero attached hydrogens (tertiary/aromatic N) is 2. The number of pyridine rings is 1. The molecule has 1 aromatic carbocycles. The first-order chi connectivity index (χ1) is 12.4. The molecular formula is C20H25N3O2S. The number of piperidine rings is 1. The Balaban J connectivity index is 1.51. The lowest BCUT2D eigenvalue weighted by Gasteiger charge is -2.30. The number of hydrogen-bond acceptors (Lipinski definition) is 4. The van der Waals surface area contributed by atoms with Crippen molar-refractivity contribution in [1.82, 2.24) is 15.2 Å². The van der Waals surface area contributed by atoms with Gasteiger partial charge in [-0.2, -0.15) is 0 Å². The van der Waals surface area contributed by atoms with Crippen molar-refractivity contribution < 1.29 is 9.59 Å². The molecule has 0 radical (unpaired) electrons. The molecule has 0 saturated carbocycles. The molecule has 0 spiro atoms. The Morgan fingerprint density at radius 3 is 2.92 bits per heavy atom. The van der Waals surface area contributed by atoms with Gasteiger partial charge in [-0.05, 0) is 44.0 Å². The Morgan fingerprint density at radius 1 is 1.35 bits per heavy atom. The highest BCUT2D eigenvalue weighted by Gasteiger charge is 2.23. The molecule has 1 aromatic heterocycles. The third kappa shape index (κ3) is 4.55. The van der Waals surface area contributed by atoms with Gasteiger partial charge in [-0.1, -0.05) is 11.6 Å². The van der Waals surface area contributed by atoms with Gasteiger partial charge in [0, 0.05) is 43.6 Å². The van der Waals surface area contributed by atoms with E-state index in [2.05, 4.69) is 43.4 Å². The predicted octanol–water partition coefficient (Wildman–Crippen LogP) is 3.07. The Labute approximate surface area is 158 Å². The summed E-state index contributed by atoms with van der Waals surface area (Å²) < 4.78 is 0. The summed E-state index contributed by atoms with van der Waals surface area (Å²) in [7, 11) is 1.78. The van der Waals surface area contributed by atoms with Crippen LogP contribution in [0, 0.1) is 13.8 Å². The van der Waals surface area contributed by atoms with Crippen LogP contribution in [0.4, 0.5) is 0 Å². The van der Waals surface area contributed by atoms with E-state index < -0.39 is 0 Å². The van der Waals surface area contributed by atoms with Crippen molar-refractivity contribution in [2.24, 2.45) is 0 Å². The van der Waals surface area contributed by atoms with E-state index in [-0.39, 0.29) is 17.9 Å². The quantitative estimate of drug-likeness (QED) is 0.821. The van der Waals surface area contributed by atoms with E-state index in [1.165, 1.54) is 16.5 Å². The molecule has 5 nitrogen and oxygen atoms in total. The SMILES string of the molecule is Cc1ccc2nc(SCCC(=O)N[C@H]3CCC(=O)N(C)C3)cc(C)c2c1. The minimum atomic E-state index is 0.0402. The van der Waals surface area contributed by atoms with Gasteiger partial charge in [0.2, 0.25) is 11.8 Å². The molecule has 2 amide bonds. The second-order valence-corrected chi connectivity index (χ2v) is 8.09. The molecule has 1 aliphatic rings.